The minimum absolute atomic E-state index is 0.0233. The summed E-state index contributed by atoms with van der Waals surface area (Å²) in [5, 5.41) is 0. The highest BCUT2D eigenvalue weighted by molar-refractivity contribution is 14.2. The molecule has 0 aliphatic rings. The summed E-state index contributed by atoms with van der Waals surface area (Å²) >= 11 is 5.11. The molecule has 0 aromatic heterocycles. The van der Waals surface area contributed by atoms with Gasteiger partial charge in [-0.1, -0.05) is 163 Å². The van der Waals surface area contributed by atoms with Crippen molar-refractivity contribution in [3.8, 4) is 0 Å². The highest BCUT2D eigenvalue weighted by Gasteiger charge is 2.10. The van der Waals surface area contributed by atoms with Crippen LogP contribution >= 0.6 is 32.3 Å². The molecule has 7 heteroatoms. The summed E-state index contributed by atoms with van der Waals surface area (Å²) in [5.74, 6) is -0.367. The second-order valence-electron chi connectivity index (χ2n) is 11.7. The lowest BCUT2D eigenvalue weighted by Gasteiger charge is -2.08. The fourth-order valence-electron chi connectivity index (χ4n) is 4.92. The molecule has 42 heavy (non-hydrogen) atoms. The standard InChI is InChI=1S/C35H64ClIO5/c1-3-5-7-9-11-13-15-17-19-21-23-25-34(39)41-28-27-32(29-33(38)30-36)37-31-42-35(40)26-24-22-20-18-16-14-12-10-8-6-4-2/h3-31H2,1-2H3. The summed E-state index contributed by atoms with van der Waals surface area (Å²) in [7, 11) is 0. The summed E-state index contributed by atoms with van der Waals surface area (Å²) in [6.45, 7) is 4.79. The molecule has 0 bridgehead atoms. The van der Waals surface area contributed by atoms with Crippen LogP contribution < -0.4 is 0 Å². The Morgan fingerprint density at radius 1 is 0.524 bits per heavy atom. The lowest BCUT2D eigenvalue weighted by molar-refractivity contribution is -0.143. The fraction of sp³-hybridized carbons (Fsp3) is 0.886. The quantitative estimate of drug-likeness (QED) is 0.0299. The maximum Gasteiger partial charge on any atom is 0.306 e. The summed E-state index contributed by atoms with van der Waals surface area (Å²) < 4.78 is 12.3. The van der Waals surface area contributed by atoms with E-state index in [1.54, 1.807) is 0 Å². The number of hydrogen-bond acceptors (Lipinski definition) is 5. The molecule has 0 spiro atoms. The molecule has 0 rings (SSSR count). The summed E-state index contributed by atoms with van der Waals surface area (Å²) in [6.07, 6.45) is 29.3. The first-order valence-corrected chi connectivity index (χ1v) is 20.5. The average Bonchev–Trinajstić information content (AvgIpc) is 2.98. The molecule has 0 saturated carbocycles. The lowest BCUT2D eigenvalue weighted by atomic mass is 10.1. The minimum Gasteiger partial charge on any atom is -0.465 e. The van der Waals surface area contributed by atoms with Gasteiger partial charge in [0, 0.05) is 25.7 Å². The number of rotatable bonds is 32. The van der Waals surface area contributed by atoms with Crippen molar-refractivity contribution in [3.63, 3.8) is 0 Å². The van der Waals surface area contributed by atoms with Gasteiger partial charge in [0.2, 0.25) is 0 Å². The number of ether oxygens (including phenoxy) is 2. The molecule has 0 unspecified atom stereocenters. The summed E-state index contributed by atoms with van der Waals surface area (Å²) in [4.78, 5) is 36.2. The molecular weight excluding hydrogens is 663 g/mol. The molecule has 248 valence electrons. The molecular formula is C35H64ClIO5. The fourth-order valence-corrected chi connectivity index (χ4v) is 7.25. The number of hydrogen-bond donors (Lipinski definition) is 0. The zero-order valence-electron chi connectivity index (χ0n) is 27.3. The van der Waals surface area contributed by atoms with Crippen molar-refractivity contribution in [2.75, 3.05) is 17.1 Å². The molecule has 5 nitrogen and oxygen atoms in total. The zero-order valence-corrected chi connectivity index (χ0v) is 30.2. The van der Waals surface area contributed by atoms with Crippen LogP contribution in [0.1, 0.15) is 181 Å². The van der Waals surface area contributed by atoms with Crippen LogP contribution in [-0.4, -0.2) is 38.3 Å². The van der Waals surface area contributed by atoms with Crippen molar-refractivity contribution in [1.29, 1.82) is 0 Å². The van der Waals surface area contributed by atoms with Gasteiger partial charge in [-0.3, -0.25) is 14.4 Å². The van der Waals surface area contributed by atoms with E-state index in [1.165, 1.54) is 116 Å². The van der Waals surface area contributed by atoms with Gasteiger partial charge in [-0.05, 0) is 16.4 Å². The van der Waals surface area contributed by atoms with Gasteiger partial charge >= 0.3 is 11.9 Å². The number of unbranched alkanes of at least 4 members (excludes halogenated alkanes) is 20. The van der Waals surface area contributed by atoms with Gasteiger partial charge < -0.3 is 9.47 Å². The normalized spacial score (nSPS) is 11.7. The molecule has 0 atom stereocenters. The van der Waals surface area contributed by atoms with E-state index >= 15 is 0 Å². The summed E-state index contributed by atoms with van der Waals surface area (Å²) in [5.41, 5.74) is 0. The van der Waals surface area contributed by atoms with Crippen LogP contribution in [0, 0.1) is 0 Å². The number of Topliss-reactive ketones (excluding diaryl/α,β-unsaturated/α-hetero) is 1. The largest absolute Gasteiger partial charge is 0.465 e. The number of ketones is 1. The summed E-state index contributed by atoms with van der Waals surface area (Å²) in [6, 6.07) is 0. The van der Waals surface area contributed by atoms with Crippen LogP contribution in [-0.2, 0) is 23.9 Å². The Balaban J connectivity index is 3.94. The maximum absolute atomic E-state index is 12.1. The molecule has 0 fully saturated rings. The van der Waals surface area contributed by atoms with Crippen molar-refractivity contribution in [3.05, 3.63) is 0 Å². The van der Waals surface area contributed by atoms with E-state index in [2.05, 4.69) is 13.8 Å². The van der Waals surface area contributed by atoms with Crippen LogP contribution in [0.3, 0.4) is 0 Å². The molecule has 0 amide bonds. The topological polar surface area (TPSA) is 69.7 Å². The van der Waals surface area contributed by atoms with Gasteiger partial charge in [-0.15, -0.1) is 11.6 Å². The molecule has 0 N–H and O–H groups in total. The predicted molar refractivity (Wildman–Crippen MR) is 188 cm³/mol. The first kappa shape index (κ1) is 41.5. The average molecular weight is 727 g/mol. The third kappa shape index (κ3) is 30.9. The molecule has 0 saturated heterocycles. The Morgan fingerprint density at radius 2 is 0.905 bits per heavy atom. The first-order valence-electron chi connectivity index (χ1n) is 17.4. The van der Waals surface area contributed by atoms with Gasteiger partial charge in [0.25, 0.3) is 0 Å². The van der Waals surface area contributed by atoms with Crippen molar-refractivity contribution >= 4 is 53.6 Å². The van der Waals surface area contributed by atoms with E-state index in [1.807, 2.05) is 0 Å². The maximum atomic E-state index is 12.1. The van der Waals surface area contributed by atoms with Gasteiger partial charge in [0.15, 0.2) is 5.78 Å². The van der Waals surface area contributed by atoms with E-state index in [9.17, 15) is 14.4 Å². The lowest BCUT2D eigenvalue weighted by Crippen LogP contribution is -2.13. The molecule has 0 aliphatic carbocycles. The van der Waals surface area contributed by atoms with Gasteiger partial charge in [0.1, 0.15) is 4.61 Å². The third-order valence-corrected chi connectivity index (χ3v) is 10.5. The Morgan fingerprint density at radius 3 is 1.31 bits per heavy atom. The van der Waals surface area contributed by atoms with E-state index in [4.69, 9.17) is 21.1 Å². The van der Waals surface area contributed by atoms with Crippen LogP contribution in [0.15, 0.2) is 0 Å². The van der Waals surface area contributed by atoms with Crippen molar-refractivity contribution < 1.29 is 23.9 Å². The molecule has 0 aromatic carbocycles. The Labute approximate surface area is 274 Å². The van der Waals surface area contributed by atoms with E-state index < -0.39 is 20.7 Å². The Kier molecular flexibility index (Phi) is 33.0. The first-order chi connectivity index (χ1) is 20.5. The highest BCUT2D eigenvalue weighted by atomic mass is 127. The van der Waals surface area contributed by atoms with Crippen LogP contribution in [0.25, 0.3) is 0 Å². The van der Waals surface area contributed by atoms with Crippen molar-refractivity contribution in [2.24, 2.45) is 0 Å². The van der Waals surface area contributed by atoms with Crippen LogP contribution in [0.4, 0.5) is 0 Å². The van der Waals surface area contributed by atoms with Crippen LogP contribution in [0.2, 0.25) is 0 Å². The zero-order chi connectivity index (χ0) is 30.9. The molecule has 0 heterocycles. The van der Waals surface area contributed by atoms with Gasteiger partial charge in [-0.2, -0.15) is 0 Å². The third-order valence-electron chi connectivity index (χ3n) is 7.60. The monoisotopic (exact) mass is 726 g/mol. The molecule has 0 radical (unpaired) electrons. The van der Waals surface area contributed by atoms with Gasteiger partial charge in [-0.25, -0.2) is 0 Å². The van der Waals surface area contributed by atoms with E-state index in [-0.39, 0.29) is 30.2 Å². The molecule has 0 aliphatic heterocycles. The Bertz CT molecular complexity index is 682. The number of esters is 2. The SMILES string of the molecule is CCCCCCCCCCCCCC(=O)OCCC(CC(=O)CCl)=ICOC(=O)CCCCCCCCCCCCC. The van der Waals surface area contributed by atoms with Crippen molar-refractivity contribution in [1.82, 2.24) is 0 Å². The number of carbonyl (C=O) groups is 3. The van der Waals surface area contributed by atoms with E-state index in [0.717, 1.165) is 29.2 Å². The number of carbonyl (C=O) groups excluding carboxylic acids is 3. The second kappa shape index (κ2) is 33.4. The Hall–Kier alpha value is -0.500. The smallest absolute Gasteiger partial charge is 0.306 e. The van der Waals surface area contributed by atoms with Crippen molar-refractivity contribution in [2.45, 2.75) is 181 Å². The number of alkyl halides is 2. The van der Waals surface area contributed by atoms with E-state index in [0.29, 0.717) is 30.3 Å². The van der Waals surface area contributed by atoms with Crippen LogP contribution in [0.5, 0.6) is 0 Å². The predicted octanol–water partition coefficient (Wildman–Crippen LogP) is 11.2. The second-order valence-corrected chi connectivity index (χ2v) is 14.8. The van der Waals surface area contributed by atoms with Gasteiger partial charge in [0.05, 0.1) is 12.5 Å². The molecule has 0 aromatic rings. The highest BCUT2D eigenvalue weighted by Crippen LogP contribution is 2.15. The minimum atomic E-state index is -0.607. The number of halogens is 2.